The third-order valence-corrected chi connectivity index (χ3v) is 4.01. The second-order valence-electron chi connectivity index (χ2n) is 4.29. The van der Waals surface area contributed by atoms with Crippen LogP contribution in [0.3, 0.4) is 0 Å². The van der Waals surface area contributed by atoms with Crippen LogP contribution in [-0.2, 0) is 28.0 Å². The molecule has 0 N–H and O–H groups in total. The van der Waals surface area contributed by atoms with E-state index in [9.17, 15) is 13.2 Å². The van der Waals surface area contributed by atoms with E-state index in [1.165, 1.54) is 24.3 Å². The summed E-state index contributed by atoms with van der Waals surface area (Å²) in [5, 5.41) is 0. The second kappa shape index (κ2) is 10.6. The molecule has 0 fully saturated rings. The highest BCUT2D eigenvalue weighted by Crippen LogP contribution is 2.20. The quantitative estimate of drug-likeness (QED) is 0.332. The molecule has 0 radical (unpaired) electrons. The summed E-state index contributed by atoms with van der Waals surface area (Å²) < 4.78 is 43.0. The maximum Gasteiger partial charge on any atom is 0.339 e. The van der Waals surface area contributed by atoms with Crippen LogP contribution in [0.15, 0.2) is 29.2 Å². The van der Waals surface area contributed by atoms with Gasteiger partial charge in [-0.15, -0.1) is 0 Å². The Hall–Kier alpha value is -1.19. The van der Waals surface area contributed by atoms with E-state index in [4.69, 9.17) is 29.6 Å². The number of benzene rings is 1. The molecule has 0 unspecified atom stereocenters. The summed E-state index contributed by atoms with van der Waals surface area (Å²) in [4.78, 5) is 11.6. The van der Waals surface area contributed by atoms with Crippen LogP contribution >= 0.6 is 10.7 Å². The Bertz CT molecular complexity index is 589. The SMILES string of the molecule is COCCOCCOCCOC(=O)c1ccccc1S(=O)(=O)Cl. The topological polar surface area (TPSA) is 88.1 Å². The normalized spacial score (nSPS) is 11.4. The van der Waals surface area contributed by atoms with Gasteiger partial charge in [-0.05, 0) is 12.1 Å². The van der Waals surface area contributed by atoms with Gasteiger partial charge in [-0.2, -0.15) is 0 Å². The van der Waals surface area contributed by atoms with Crippen LogP contribution in [0.5, 0.6) is 0 Å². The van der Waals surface area contributed by atoms with Gasteiger partial charge in [-0.1, -0.05) is 12.1 Å². The van der Waals surface area contributed by atoms with Gasteiger partial charge in [0.1, 0.15) is 6.61 Å². The van der Waals surface area contributed by atoms with E-state index in [1.807, 2.05) is 0 Å². The molecule has 0 aliphatic carbocycles. The highest BCUT2D eigenvalue weighted by molar-refractivity contribution is 8.13. The smallest absolute Gasteiger partial charge is 0.339 e. The van der Waals surface area contributed by atoms with Crippen molar-refractivity contribution >= 4 is 25.7 Å². The Balaban J connectivity index is 2.30. The Labute approximate surface area is 139 Å². The summed E-state index contributed by atoms with van der Waals surface area (Å²) in [5.41, 5.74) is -0.106. The minimum absolute atomic E-state index is 0.00638. The lowest BCUT2D eigenvalue weighted by molar-refractivity contribution is 0.00557. The molecule has 9 heteroatoms. The van der Waals surface area contributed by atoms with Gasteiger partial charge in [0.2, 0.25) is 0 Å². The van der Waals surface area contributed by atoms with Crippen molar-refractivity contribution in [2.24, 2.45) is 0 Å². The van der Waals surface area contributed by atoms with Crippen molar-refractivity contribution in [3.05, 3.63) is 29.8 Å². The summed E-state index contributed by atoms with van der Waals surface area (Å²) in [6.45, 7) is 1.93. The molecule has 0 aliphatic rings. The molecule has 0 saturated heterocycles. The molecule has 1 rings (SSSR count). The lowest BCUT2D eigenvalue weighted by Crippen LogP contribution is -2.15. The van der Waals surface area contributed by atoms with Crippen LogP contribution in [0.4, 0.5) is 0 Å². The fraction of sp³-hybridized carbons (Fsp3) is 0.500. The molecule has 0 saturated carbocycles. The molecule has 23 heavy (non-hydrogen) atoms. The zero-order chi connectivity index (χ0) is 17.1. The number of methoxy groups -OCH3 is 1. The molecule has 0 heterocycles. The predicted molar refractivity (Wildman–Crippen MR) is 83.3 cm³/mol. The fourth-order valence-electron chi connectivity index (χ4n) is 1.58. The van der Waals surface area contributed by atoms with Crippen molar-refractivity contribution in [3.63, 3.8) is 0 Å². The first kappa shape index (κ1) is 19.9. The van der Waals surface area contributed by atoms with Crippen molar-refractivity contribution in [3.8, 4) is 0 Å². The van der Waals surface area contributed by atoms with Crippen molar-refractivity contribution < 1.29 is 32.2 Å². The Morgan fingerprint density at radius 3 is 2.17 bits per heavy atom. The Morgan fingerprint density at radius 2 is 1.57 bits per heavy atom. The van der Waals surface area contributed by atoms with Gasteiger partial charge in [0.05, 0.1) is 43.5 Å². The number of halogens is 1. The molecule has 0 atom stereocenters. The van der Waals surface area contributed by atoms with Gasteiger partial charge in [0.25, 0.3) is 9.05 Å². The number of carbonyl (C=O) groups excluding carboxylic acids is 1. The number of ether oxygens (including phenoxy) is 4. The minimum atomic E-state index is -4.02. The number of hydrogen-bond acceptors (Lipinski definition) is 7. The van der Waals surface area contributed by atoms with Gasteiger partial charge in [0.15, 0.2) is 0 Å². The first-order valence-electron chi connectivity index (χ1n) is 6.82. The van der Waals surface area contributed by atoms with Crippen LogP contribution in [0.2, 0.25) is 0 Å². The predicted octanol–water partition coefficient (Wildman–Crippen LogP) is 1.45. The van der Waals surface area contributed by atoms with Gasteiger partial charge in [0, 0.05) is 17.8 Å². The summed E-state index contributed by atoms with van der Waals surface area (Å²) in [6.07, 6.45) is 0. The molecule has 0 aliphatic heterocycles. The van der Waals surface area contributed by atoms with Crippen LogP contribution in [-0.4, -0.2) is 61.1 Å². The molecule has 130 valence electrons. The zero-order valence-corrected chi connectivity index (χ0v) is 14.3. The summed E-state index contributed by atoms with van der Waals surface area (Å²) >= 11 is 0. The third kappa shape index (κ3) is 7.76. The number of esters is 1. The summed E-state index contributed by atoms with van der Waals surface area (Å²) in [5.74, 6) is -0.773. The average molecular weight is 367 g/mol. The van der Waals surface area contributed by atoms with Crippen molar-refractivity contribution in [1.29, 1.82) is 0 Å². The average Bonchev–Trinajstić information content (AvgIpc) is 2.52. The van der Waals surface area contributed by atoms with E-state index in [2.05, 4.69) is 0 Å². The van der Waals surface area contributed by atoms with Crippen LogP contribution in [0.25, 0.3) is 0 Å². The van der Waals surface area contributed by atoms with Crippen molar-refractivity contribution in [2.45, 2.75) is 4.90 Å². The lowest BCUT2D eigenvalue weighted by Gasteiger charge is -2.08. The van der Waals surface area contributed by atoms with E-state index in [1.54, 1.807) is 7.11 Å². The Morgan fingerprint density at radius 1 is 1.00 bits per heavy atom. The van der Waals surface area contributed by atoms with E-state index in [0.717, 1.165) is 0 Å². The Kier molecular flexibility index (Phi) is 9.12. The van der Waals surface area contributed by atoms with Crippen LogP contribution < -0.4 is 0 Å². The number of hydrogen-bond donors (Lipinski definition) is 0. The van der Waals surface area contributed by atoms with Gasteiger partial charge < -0.3 is 18.9 Å². The largest absolute Gasteiger partial charge is 0.460 e. The fourth-order valence-corrected chi connectivity index (χ4v) is 2.64. The highest BCUT2D eigenvalue weighted by atomic mass is 35.7. The molecule has 0 spiro atoms. The van der Waals surface area contributed by atoms with E-state index >= 15 is 0 Å². The second-order valence-corrected chi connectivity index (χ2v) is 6.82. The molecule has 7 nitrogen and oxygen atoms in total. The van der Waals surface area contributed by atoms with Crippen LogP contribution in [0.1, 0.15) is 10.4 Å². The molecular formula is C14H19ClO7S. The standard InChI is InChI=1S/C14H19ClO7S/c1-19-6-7-20-8-9-21-10-11-22-14(16)12-4-2-3-5-13(12)23(15,17)18/h2-5H,6-11H2,1H3. The first-order chi connectivity index (χ1) is 11.0. The maximum absolute atomic E-state index is 11.9. The van der Waals surface area contributed by atoms with E-state index in [0.29, 0.717) is 26.4 Å². The van der Waals surface area contributed by atoms with Gasteiger partial charge in [-0.3, -0.25) is 0 Å². The van der Waals surface area contributed by atoms with E-state index in [-0.39, 0.29) is 23.7 Å². The molecule has 0 amide bonds. The molecule has 1 aromatic rings. The van der Waals surface area contributed by atoms with Gasteiger partial charge >= 0.3 is 5.97 Å². The number of rotatable bonds is 11. The van der Waals surface area contributed by atoms with Crippen molar-refractivity contribution in [1.82, 2.24) is 0 Å². The number of carbonyl (C=O) groups is 1. The van der Waals surface area contributed by atoms with Gasteiger partial charge in [-0.25, -0.2) is 13.2 Å². The summed E-state index contributed by atoms with van der Waals surface area (Å²) in [7, 11) is 2.85. The monoisotopic (exact) mass is 366 g/mol. The third-order valence-electron chi connectivity index (χ3n) is 2.63. The van der Waals surface area contributed by atoms with Crippen molar-refractivity contribution in [2.75, 3.05) is 46.8 Å². The zero-order valence-electron chi connectivity index (χ0n) is 12.7. The maximum atomic E-state index is 11.9. The molecule has 1 aromatic carbocycles. The highest BCUT2D eigenvalue weighted by Gasteiger charge is 2.20. The lowest BCUT2D eigenvalue weighted by atomic mass is 10.2. The van der Waals surface area contributed by atoms with Crippen LogP contribution in [0, 0.1) is 0 Å². The molecule has 0 bridgehead atoms. The van der Waals surface area contributed by atoms with E-state index < -0.39 is 15.0 Å². The molecular weight excluding hydrogens is 348 g/mol. The summed E-state index contributed by atoms with van der Waals surface area (Å²) in [6, 6.07) is 5.57. The first-order valence-corrected chi connectivity index (χ1v) is 9.13. The minimum Gasteiger partial charge on any atom is -0.460 e. The molecule has 0 aromatic heterocycles.